The second-order valence-corrected chi connectivity index (χ2v) is 14.9. The van der Waals surface area contributed by atoms with Crippen LogP contribution in [0.5, 0.6) is 0 Å². The van der Waals surface area contributed by atoms with E-state index in [4.69, 9.17) is 10.5 Å². The molecule has 2 rings (SSSR count). The first-order valence-corrected chi connectivity index (χ1v) is 17.7. The summed E-state index contributed by atoms with van der Waals surface area (Å²) in [6.45, 7) is 13.7. The van der Waals surface area contributed by atoms with E-state index in [0.717, 1.165) is 5.56 Å². The van der Waals surface area contributed by atoms with Crippen molar-refractivity contribution in [1.82, 2.24) is 15.5 Å². The molecule has 3 atom stereocenters. The second-order valence-electron chi connectivity index (χ2n) is 14.9. The van der Waals surface area contributed by atoms with Gasteiger partial charge in [-0.1, -0.05) is 67.0 Å². The smallest absolute Gasteiger partial charge is 0.312 e. The number of primary amides is 1. The van der Waals surface area contributed by atoms with Crippen molar-refractivity contribution in [1.29, 1.82) is 0 Å². The van der Waals surface area contributed by atoms with Gasteiger partial charge in [0.15, 0.2) is 5.78 Å². The molecular formula is C37H57N5O8. The number of imide groups is 1. The zero-order valence-electron chi connectivity index (χ0n) is 30.8. The molecule has 1 saturated heterocycles. The molecule has 1 unspecified atom stereocenters. The Morgan fingerprint density at radius 1 is 0.960 bits per heavy atom. The Hall–Kier alpha value is -4.29. The molecule has 0 spiro atoms. The molecule has 0 bridgehead atoms. The molecule has 1 aromatic rings. The van der Waals surface area contributed by atoms with E-state index < -0.39 is 18.0 Å². The van der Waals surface area contributed by atoms with Crippen LogP contribution in [0.2, 0.25) is 0 Å². The maximum absolute atomic E-state index is 13.5. The van der Waals surface area contributed by atoms with Crippen molar-refractivity contribution in [2.24, 2.45) is 34.8 Å². The molecule has 278 valence electrons. The van der Waals surface area contributed by atoms with E-state index in [9.17, 15) is 33.6 Å². The number of likely N-dealkylation sites (tertiary alicyclic amines) is 1. The molecule has 50 heavy (non-hydrogen) atoms. The van der Waals surface area contributed by atoms with Crippen molar-refractivity contribution < 1.29 is 38.3 Å². The van der Waals surface area contributed by atoms with E-state index in [-0.39, 0.29) is 91.0 Å². The van der Waals surface area contributed by atoms with Gasteiger partial charge in [0, 0.05) is 44.0 Å². The molecule has 0 aromatic heterocycles. The number of ketones is 1. The minimum Gasteiger partial charge on any atom is -0.461 e. The van der Waals surface area contributed by atoms with E-state index in [1.165, 1.54) is 4.90 Å². The molecule has 1 aliphatic heterocycles. The van der Waals surface area contributed by atoms with Crippen LogP contribution in [-0.2, 0) is 40.1 Å². The van der Waals surface area contributed by atoms with E-state index in [1.807, 2.05) is 34.6 Å². The van der Waals surface area contributed by atoms with Crippen LogP contribution in [0.15, 0.2) is 24.3 Å². The maximum atomic E-state index is 13.5. The highest BCUT2D eigenvalue weighted by Crippen LogP contribution is 2.35. The van der Waals surface area contributed by atoms with Crippen molar-refractivity contribution in [2.45, 2.75) is 112 Å². The minimum atomic E-state index is -0.802. The lowest BCUT2D eigenvalue weighted by Gasteiger charge is -2.25. The summed E-state index contributed by atoms with van der Waals surface area (Å²) >= 11 is 0. The number of nitrogens with two attached hydrogens (primary N) is 1. The van der Waals surface area contributed by atoms with Gasteiger partial charge in [0.2, 0.25) is 23.6 Å². The third-order valence-electron chi connectivity index (χ3n) is 8.83. The molecule has 13 heteroatoms. The number of unbranched alkanes of at least 4 members (excludes halogenated alkanes) is 2. The lowest BCUT2D eigenvalue weighted by atomic mass is 9.80. The molecule has 6 amide bonds. The van der Waals surface area contributed by atoms with E-state index >= 15 is 0 Å². The monoisotopic (exact) mass is 699 g/mol. The molecular weight excluding hydrogens is 642 g/mol. The van der Waals surface area contributed by atoms with Gasteiger partial charge in [-0.3, -0.25) is 33.7 Å². The Labute approximate surface area is 296 Å². The SMILES string of the molecule is CC(C)C(=O)OCc1ccc(NC(=O)[C@H](CCCNC(N)=O)CC(=O)[C@@H](NC(=O)CCCCCN2C(=O)CC(C(C)(C)C)C2=O)C(C)C)cc1. The van der Waals surface area contributed by atoms with Gasteiger partial charge in [-0.15, -0.1) is 0 Å². The van der Waals surface area contributed by atoms with Crippen LogP contribution >= 0.6 is 0 Å². The minimum absolute atomic E-state index is 0.107. The van der Waals surface area contributed by atoms with E-state index in [2.05, 4.69) is 16.0 Å². The molecule has 1 aliphatic rings. The fourth-order valence-corrected chi connectivity index (χ4v) is 5.70. The van der Waals surface area contributed by atoms with Crippen LogP contribution in [0, 0.1) is 29.1 Å². The third kappa shape index (κ3) is 13.9. The Morgan fingerprint density at radius 2 is 1.62 bits per heavy atom. The molecule has 13 nitrogen and oxygen atoms in total. The summed E-state index contributed by atoms with van der Waals surface area (Å²) in [6.07, 6.45) is 2.73. The highest BCUT2D eigenvalue weighted by atomic mass is 16.5. The molecule has 0 aliphatic carbocycles. The summed E-state index contributed by atoms with van der Waals surface area (Å²) in [4.78, 5) is 89.1. The average Bonchev–Trinajstić information content (AvgIpc) is 3.33. The number of benzene rings is 1. The molecule has 1 fully saturated rings. The Bertz CT molecular complexity index is 1350. The predicted octanol–water partition coefficient (Wildman–Crippen LogP) is 4.47. The second kappa shape index (κ2) is 19.8. The summed E-state index contributed by atoms with van der Waals surface area (Å²) in [5.74, 6) is -3.07. The van der Waals surface area contributed by atoms with Crippen LogP contribution in [0.25, 0.3) is 0 Å². The maximum Gasteiger partial charge on any atom is 0.312 e. The Kier molecular flexibility index (Phi) is 16.6. The van der Waals surface area contributed by atoms with Gasteiger partial charge in [-0.2, -0.15) is 0 Å². The Balaban J connectivity index is 1.94. The predicted molar refractivity (Wildman–Crippen MR) is 189 cm³/mol. The molecule has 0 saturated carbocycles. The number of carbonyl (C=O) groups is 7. The zero-order chi connectivity index (χ0) is 37.6. The van der Waals surface area contributed by atoms with E-state index in [0.29, 0.717) is 44.3 Å². The van der Waals surface area contributed by atoms with Crippen molar-refractivity contribution in [3.8, 4) is 0 Å². The number of nitrogens with one attached hydrogen (secondary N) is 3. The van der Waals surface area contributed by atoms with Crippen LogP contribution in [0.4, 0.5) is 10.5 Å². The highest BCUT2D eigenvalue weighted by molar-refractivity contribution is 6.04. The normalized spacial score (nSPS) is 15.9. The number of urea groups is 1. The first-order chi connectivity index (χ1) is 23.4. The summed E-state index contributed by atoms with van der Waals surface area (Å²) < 4.78 is 5.25. The number of ether oxygens (including phenoxy) is 1. The number of amides is 6. The van der Waals surface area contributed by atoms with Crippen LogP contribution in [-0.4, -0.2) is 65.4 Å². The first kappa shape index (κ1) is 41.9. The third-order valence-corrected chi connectivity index (χ3v) is 8.83. The standard InChI is InChI=1S/C37H57N5O8/c1-23(2)32(41-30(44)13-9-8-10-19-42-31(45)21-28(34(42)47)37(5,6)7)29(43)20-26(12-11-18-39-36(38)49)33(46)40-27-16-14-25(15-17-27)22-50-35(48)24(3)4/h14-17,23-24,26,28,32H,8-13,18-22H2,1-7H3,(H,40,46)(H,41,44)(H3,38,39,49)/t26-,28?,32+/m1/s1. The summed E-state index contributed by atoms with van der Waals surface area (Å²) in [5.41, 5.74) is 6.14. The number of nitrogens with zero attached hydrogens (tertiary/aromatic N) is 1. The quantitative estimate of drug-likeness (QED) is 0.0869. The first-order valence-electron chi connectivity index (χ1n) is 17.7. The molecule has 0 radical (unpaired) electrons. The van der Waals surface area contributed by atoms with Crippen LogP contribution in [0.3, 0.4) is 0 Å². The van der Waals surface area contributed by atoms with Crippen LogP contribution in [0.1, 0.15) is 105 Å². The number of esters is 1. The number of carbonyl (C=O) groups excluding carboxylic acids is 7. The topological polar surface area (TPSA) is 194 Å². The van der Waals surface area contributed by atoms with Gasteiger partial charge < -0.3 is 26.4 Å². The fourth-order valence-electron chi connectivity index (χ4n) is 5.70. The summed E-state index contributed by atoms with van der Waals surface area (Å²) in [7, 11) is 0. The largest absolute Gasteiger partial charge is 0.461 e. The average molecular weight is 700 g/mol. The summed E-state index contributed by atoms with van der Waals surface area (Å²) in [5, 5.41) is 8.19. The van der Waals surface area contributed by atoms with Crippen molar-refractivity contribution in [3.63, 3.8) is 0 Å². The number of anilines is 1. The lowest BCUT2D eigenvalue weighted by molar-refractivity contribution is -0.148. The lowest BCUT2D eigenvalue weighted by Crippen LogP contribution is -2.45. The van der Waals surface area contributed by atoms with Gasteiger partial charge in [0.05, 0.1) is 17.9 Å². The highest BCUT2D eigenvalue weighted by Gasteiger charge is 2.44. The van der Waals surface area contributed by atoms with Crippen LogP contribution < -0.4 is 21.7 Å². The number of hydrogen-bond acceptors (Lipinski definition) is 8. The van der Waals surface area contributed by atoms with Crippen molar-refractivity contribution in [3.05, 3.63) is 29.8 Å². The van der Waals surface area contributed by atoms with Gasteiger partial charge >= 0.3 is 12.0 Å². The number of hydrogen-bond donors (Lipinski definition) is 4. The number of rotatable bonds is 20. The summed E-state index contributed by atoms with van der Waals surface area (Å²) in [6, 6.07) is 5.35. The Morgan fingerprint density at radius 3 is 2.18 bits per heavy atom. The fraction of sp³-hybridized carbons (Fsp3) is 0.649. The zero-order valence-corrected chi connectivity index (χ0v) is 30.8. The van der Waals surface area contributed by atoms with Gasteiger partial charge in [-0.25, -0.2) is 4.79 Å². The number of Topliss-reactive ketones (excluding diaryl/α,β-unsaturated/α-hetero) is 1. The van der Waals surface area contributed by atoms with E-state index in [1.54, 1.807) is 38.1 Å². The van der Waals surface area contributed by atoms with Gasteiger partial charge in [-0.05, 0) is 54.7 Å². The van der Waals surface area contributed by atoms with Crippen molar-refractivity contribution in [2.75, 3.05) is 18.4 Å². The molecule has 1 aromatic carbocycles. The molecule has 1 heterocycles. The molecule has 5 N–H and O–H groups in total. The van der Waals surface area contributed by atoms with Gasteiger partial charge in [0.1, 0.15) is 6.61 Å². The van der Waals surface area contributed by atoms with Gasteiger partial charge in [0.25, 0.3) is 0 Å². The van der Waals surface area contributed by atoms with Crippen molar-refractivity contribution >= 4 is 47.1 Å².